The predicted octanol–water partition coefficient (Wildman–Crippen LogP) is 5.05. The second-order valence-electron chi connectivity index (χ2n) is 7.52. The fourth-order valence-electron chi connectivity index (χ4n) is 3.58. The number of sulfone groups is 1. The number of carboxylic acid groups (broad SMARTS) is 1. The topological polar surface area (TPSA) is 76.4 Å². The first kappa shape index (κ1) is 21.2. The number of hydrogen-bond donors (Lipinski definition) is 1. The third kappa shape index (κ3) is 4.36. The van der Waals surface area contributed by atoms with Crippen LogP contribution in [0.5, 0.6) is 0 Å². The van der Waals surface area contributed by atoms with Crippen LogP contribution in [0, 0.1) is 0 Å². The Balaban J connectivity index is 1.83. The van der Waals surface area contributed by atoms with Crippen molar-refractivity contribution in [3.63, 3.8) is 0 Å². The number of aromatic nitrogens is 1. The molecule has 0 amide bonds. The molecule has 3 aromatic rings. The van der Waals surface area contributed by atoms with Crippen molar-refractivity contribution < 1.29 is 31.5 Å². The molecule has 0 aliphatic heterocycles. The average molecular weight is 449 g/mol. The van der Waals surface area contributed by atoms with E-state index >= 15 is 0 Å². The van der Waals surface area contributed by atoms with Gasteiger partial charge in [-0.05, 0) is 72.4 Å². The molecule has 0 saturated heterocycles. The largest absolute Gasteiger partial charge is 0.478 e. The Labute approximate surface area is 176 Å². The third-order valence-corrected chi connectivity index (χ3v) is 6.96. The van der Waals surface area contributed by atoms with Crippen molar-refractivity contribution in [2.45, 2.75) is 35.6 Å². The van der Waals surface area contributed by atoms with Crippen LogP contribution in [0.15, 0.2) is 65.8 Å². The summed E-state index contributed by atoms with van der Waals surface area (Å²) in [6.07, 6.45) is 0.162. The fourth-order valence-corrected chi connectivity index (χ4v) is 5.27. The van der Waals surface area contributed by atoms with Crippen molar-refractivity contribution in [1.82, 2.24) is 4.57 Å². The van der Waals surface area contributed by atoms with Gasteiger partial charge in [-0.1, -0.05) is 6.07 Å². The number of benzene rings is 2. The third-order valence-electron chi connectivity index (χ3n) is 5.25. The van der Waals surface area contributed by atoms with E-state index < -0.39 is 33.3 Å². The van der Waals surface area contributed by atoms with E-state index in [-0.39, 0.29) is 21.9 Å². The van der Waals surface area contributed by atoms with Crippen LogP contribution in [0.4, 0.5) is 13.2 Å². The molecule has 0 radical (unpaired) electrons. The van der Waals surface area contributed by atoms with Crippen molar-refractivity contribution in [1.29, 1.82) is 0 Å². The van der Waals surface area contributed by atoms with Crippen molar-refractivity contribution in [3.8, 4) is 5.69 Å². The van der Waals surface area contributed by atoms with E-state index in [0.29, 0.717) is 11.3 Å². The number of carboxylic acids is 1. The smallest absolute Gasteiger partial charge is 0.416 e. The summed E-state index contributed by atoms with van der Waals surface area (Å²) in [6.45, 7) is 0. The van der Waals surface area contributed by atoms with Crippen LogP contribution in [-0.4, -0.2) is 24.1 Å². The van der Waals surface area contributed by atoms with E-state index in [1.165, 1.54) is 18.2 Å². The van der Waals surface area contributed by atoms with Gasteiger partial charge in [0.15, 0.2) is 9.84 Å². The molecule has 9 heteroatoms. The minimum atomic E-state index is -4.63. The normalized spacial score (nSPS) is 14.5. The number of rotatable bonds is 6. The van der Waals surface area contributed by atoms with Gasteiger partial charge < -0.3 is 9.67 Å². The molecule has 1 aromatic heterocycles. The number of hydrogen-bond acceptors (Lipinski definition) is 3. The van der Waals surface area contributed by atoms with E-state index in [9.17, 15) is 31.5 Å². The summed E-state index contributed by atoms with van der Waals surface area (Å²) in [6, 6.07) is 10.3. The Morgan fingerprint density at radius 2 is 1.74 bits per heavy atom. The van der Waals surface area contributed by atoms with Gasteiger partial charge in [0.05, 0.1) is 21.8 Å². The molecule has 2 aromatic carbocycles. The molecule has 1 saturated carbocycles. The van der Waals surface area contributed by atoms with Gasteiger partial charge in [-0.2, -0.15) is 13.2 Å². The highest BCUT2D eigenvalue weighted by Gasteiger charge is 2.34. The van der Waals surface area contributed by atoms with Crippen molar-refractivity contribution in [2.24, 2.45) is 0 Å². The van der Waals surface area contributed by atoms with Crippen LogP contribution in [0.2, 0.25) is 0 Å². The fraction of sp³-hybridized carbons (Fsp3) is 0.227. The van der Waals surface area contributed by atoms with E-state index in [2.05, 4.69) is 0 Å². The van der Waals surface area contributed by atoms with Crippen LogP contribution < -0.4 is 0 Å². The zero-order chi connectivity index (χ0) is 22.4. The summed E-state index contributed by atoms with van der Waals surface area (Å²) in [4.78, 5) is 11.2. The van der Waals surface area contributed by atoms with Crippen LogP contribution in [0.3, 0.4) is 0 Å². The molecule has 1 aliphatic rings. The molecule has 162 valence electrons. The lowest BCUT2D eigenvalue weighted by Gasteiger charge is -2.16. The lowest BCUT2D eigenvalue weighted by Crippen LogP contribution is -2.13. The molecular weight excluding hydrogens is 431 g/mol. The van der Waals surface area contributed by atoms with Gasteiger partial charge in [-0.15, -0.1) is 0 Å². The highest BCUT2D eigenvalue weighted by molar-refractivity contribution is 7.90. The minimum Gasteiger partial charge on any atom is -0.478 e. The molecule has 1 fully saturated rings. The first-order valence-electron chi connectivity index (χ1n) is 9.50. The second-order valence-corrected chi connectivity index (χ2v) is 9.48. The maximum absolute atomic E-state index is 13.3. The maximum Gasteiger partial charge on any atom is 0.416 e. The molecule has 0 spiro atoms. The molecule has 4 rings (SSSR count). The Morgan fingerprint density at radius 1 is 1.06 bits per heavy atom. The zero-order valence-corrected chi connectivity index (χ0v) is 16.9. The molecule has 0 unspecified atom stereocenters. The highest BCUT2D eigenvalue weighted by Crippen LogP contribution is 2.44. The highest BCUT2D eigenvalue weighted by atomic mass is 32.2. The molecule has 0 bridgehead atoms. The van der Waals surface area contributed by atoms with Crippen LogP contribution in [-0.2, 0) is 21.8 Å². The van der Waals surface area contributed by atoms with Gasteiger partial charge in [0, 0.05) is 18.1 Å². The molecule has 5 nitrogen and oxygen atoms in total. The van der Waals surface area contributed by atoms with Gasteiger partial charge in [-0.3, -0.25) is 0 Å². The average Bonchev–Trinajstić information content (AvgIpc) is 3.40. The number of aromatic carboxylic acids is 1. The molecule has 1 heterocycles. The van der Waals surface area contributed by atoms with Crippen molar-refractivity contribution in [3.05, 3.63) is 83.2 Å². The summed E-state index contributed by atoms with van der Waals surface area (Å²) in [5.41, 5.74) is -0.329. The van der Waals surface area contributed by atoms with E-state index in [4.69, 9.17) is 0 Å². The van der Waals surface area contributed by atoms with Crippen molar-refractivity contribution >= 4 is 15.8 Å². The molecule has 0 atom stereocenters. The van der Waals surface area contributed by atoms with E-state index in [1.807, 2.05) is 0 Å². The Hall–Kier alpha value is -3.07. The van der Waals surface area contributed by atoms with Crippen molar-refractivity contribution in [2.75, 3.05) is 0 Å². The quantitative estimate of drug-likeness (QED) is 0.572. The van der Waals surface area contributed by atoms with Crippen LogP contribution in [0.1, 0.15) is 45.8 Å². The monoisotopic (exact) mass is 449 g/mol. The van der Waals surface area contributed by atoms with Gasteiger partial charge in [0.2, 0.25) is 0 Å². The van der Waals surface area contributed by atoms with Gasteiger partial charge >= 0.3 is 12.1 Å². The lowest BCUT2D eigenvalue weighted by atomic mass is 10.1. The molecular formula is C22H18F3NO4S. The molecule has 1 aliphatic carbocycles. The summed E-state index contributed by atoms with van der Waals surface area (Å²) >= 11 is 0. The standard InChI is InChI=1S/C22H18F3NO4S/c23-22(24,25)17-6-8-19(26-9-1-2-10-26)16(11-17)13-31(29,30)20-12-15(21(27)28)5-7-18(20)14-3-4-14/h1-2,5-12,14H,3-4,13H2,(H,27,28). The maximum atomic E-state index is 13.3. The molecule has 31 heavy (non-hydrogen) atoms. The second kappa shape index (κ2) is 7.56. The number of nitrogens with zero attached hydrogens (tertiary/aromatic N) is 1. The molecule has 1 N–H and O–H groups in total. The van der Waals surface area contributed by atoms with E-state index in [1.54, 1.807) is 29.1 Å². The predicted molar refractivity (Wildman–Crippen MR) is 107 cm³/mol. The Bertz CT molecular complexity index is 1240. The Morgan fingerprint density at radius 3 is 2.32 bits per heavy atom. The summed E-state index contributed by atoms with van der Waals surface area (Å²) in [5, 5.41) is 9.28. The summed E-state index contributed by atoms with van der Waals surface area (Å²) < 4.78 is 68.1. The summed E-state index contributed by atoms with van der Waals surface area (Å²) in [5.74, 6) is -1.95. The van der Waals surface area contributed by atoms with Crippen LogP contribution in [0.25, 0.3) is 5.69 Å². The first-order valence-corrected chi connectivity index (χ1v) is 11.1. The summed E-state index contributed by atoms with van der Waals surface area (Å²) in [7, 11) is -4.12. The Kier molecular flexibility index (Phi) is 5.17. The van der Waals surface area contributed by atoms with Gasteiger partial charge in [0.25, 0.3) is 0 Å². The first-order chi connectivity index (χ1) is 14.6. The van der Waals surface area contributed by atoms with Gasteiger partial charge in [-0.25, -0.2) is 13.2 Å². The minimum absolute atomic E-state index is 0.0121. The number of halogens is 3. The zero-order valence-electron chi connectivity index (χ0n) is 16.1. The van der Waals surface area contributed by atoms with Gasteiger partial charge in [0.1, 0.15) is 0 Å². The number of carbonyl (C=O) groups is 1. The number of alkyl halides is 3. The van der Waals surface area contributed by atoms with E-state index in [0.717, 1.165) is 31.0 Å². The van der Waals surface area contributed by atoms with Crippen LogP contribution >= 0.6 is 0 Å². The lowest BCUT2D eigenvalue weighted by molar-refractivity contribution is -0.137. The SMILES string of the molecule is O=C(O)c1ccc(C2CC2)c(S(=O)(=O)Cc2cc(C(F)(F)F)ccc2-n2cccc2)c1.